The molecule has 2 nitrogen and oxygen atoms in total. The normalized spacial score (nSPS) is 12.6. The molecular formula is C14H23NOS. The molecule has 0 aliphatic rings. The SMILES string of the molecule is CCNC(C)c1ccccc1SCCCOC. The Morgan fingerprint density at radius 2 is 2.12 bits per heavy atom. The molecule has 1 atom stereocenters. The fourth-order valence-corrected chi connectivity index (χ4v) is 2.84. The van der Waals surface area contributed by atoms with Gasteiger partial charge in [0.1, 0.15) is 0 Å². The molecule has 0 bridgehead atoms. The van der Waals surface area contributed by atoms with Gasteiger partial charge >= 0.3 is 0 Å². The summed E-state index contributed by atoms with van der Waals surface area (Å²) < 4.78 is 5.07. The van der Waals surface area contributed by atoms with Gasteiger partial charge < -0.3 is 10.1 Å². The van der Waals surface area contributed by atoms with E-state index in [0.29, 0.717) is 6.04 Å². The monoisotopic (exact) mass is 253 g/mol. The van der Waals surface area contributed by atoms with E-state index < -0.39 is 0 Å². The van der Waals surface area contributed by atoms with Crippen molar-refractivity contribution in [3.8, 4) is 0 Å². The highest BCUT2D eigenvalue weighted by molar-refractivity contribution is 7.99. The van der Waals surface area contributed by atoms with Crippen LogP contribution in [0.1, 0.15) is 31.9 Å². The predicted molar refractivity (Wildman–Crippen MR) is 75.8 cm³/mol. The maximum atomic E-state index is 5.07. The van der Waals surface area contributed by atoms with Gasteiger partial charge in [-0.05, 0) is 31.5 Å². The van der Waals surface area contributed by atoms with Gasteiger partial charge in [-0.15, -0.1) is 11.8 Å². The van der Waals surface area contributed by atoms with Crippen molar-refractivity contribution < 1.29 is 4.74 Å². The zero-order valence-corrected chi connectivity index (χ0v) is 11.8. The van der Waals surface area contributed by atoms with Gasteiger partial charge in [-0.2, -0.15) is 0 Å². The molecule has 0 aliphatic carbocycles. The Labute approximate surface area is 109 Å². The van der Waals surface area contributed by atoms with Gasteiger partial charge in [0.05, 0.1) is 0 Å². The molecule has 0 saturated heterocycles. The molecule has 0 aromatic heterocycles. The van der Waals surface area contributed by atoms with Gasteiger partial charge in [0.25, 0.3) is 0 Å². The van der Waals surface area contributed by atoms with Crippen molar-refractivity contribution in [1.29, 1.82) is 0 Å². The van der Waals surface area contributed by atoms with E-state index in [1.54, 1.807) is 7.11 Å². The number of hydrogen-bond donors (Lipinski definition) is 1. The third-order valence-corrected chi connectivity index (χ3v) is 3.82. The summed E-state index contributed by atoms with van der Waals surface area (Å²) in [6.45, 7) is 6.21. The molecule has 0 spiro atoms. The Balaban J connectivity index is 2.57. The van der Waals surface area contributed by atoms with E-state index in [2.05, 4.69) is 43.4 Å². The number of benzene rings is 1. The molecule has 17 heavy (non-hydrogen) atoms. The van der Waals surface area contributed by atoms with Crippen molar-refractivity contribution in [2.45, 2.75) is 31.2 Å². The molecule has 1 rings (SSSR count). The lowest BCUT2D eigenvalue weighted by Crippen LogP contribution is -2.18. The van der Waals surface area contributed by atoms with Gasteiger partial charge in [-0.1, -0.05) is 25.1 Å². The molecule has 0 amide bonds. The summed E-state index contributed by atoms with van der Waals surface area (Å²) in [5, 5.41) is 3.47. The first kappa shape index (κ1) is 14.6. The Bertz CT molecular complexity index is 317. The summed E-state index contributed by atoms with van der Waals surface area (Å²) in [6, 6.07) is 9.07. The molecule has 96 valence electrons. The second kappa shape index (κ2) is 8.56. The Hall–Kier alpha value is -0.510. The van der Waals surface area contributed by atoms with Crippen LogP contribution in [0.15, 0.2) is 29.2 Å². The minimum atomic E-state index is 0.422. The standard InChI is InChI=1S/C14H23NOS/c1-4-15-12(2)13-8-5-6-9-14(13)17-11-7-10-16-3/h5-6,8-9,12,15H,4,7,10-11H2,1-3H3. The topological polar surface area (TPSA) is 21.3 Å². The second-order valence-electron chi connectivity index (χ2n) is 4.01. The highest BCUT2D eigenvalue weighted by Crippen LogP contribution is 2.27. The van der Waals surface area contributed by atoms with E-state index in [-0.39, 0.29) is 0 Å². The maximum Gasteiger partial charge on any atom is 0.0470 e. The summed E-state index contributed by atoms with van der Waals surface area (Å²) in [4.78, 5) is 1.39. The summed E-state index contributed by atoms with van der Waals surface area (Å²) in [5.74, 6) is 1.11. The molecule has 0 saturated carbocycles. The average Bonchev–Trinajstić information content (AvgIpc) is 2.35. The van der Waals surface area contributed by atoms with Crippen LogP contribution in [0, 0.1) is 0 Å². The zero-order chi connectivity index (χ0) is 12.5. The number of methoxy groups -OCH3 is 1. The first-order valence-electron chi connectivity index (χ1n) is 6.23. The number of hydrogen-bond acceptors (Lipinski definition) is 3. The van der Waals surface area contributed by atoms with Crippen LogP contribution in [0.4, 0.5) is 0 Å². The van der Waals surface area contributed by atoms with Crippen molar-refractivity contribution in [2.75, 3.05) is 26.0 Å². The Kier molecular flexibility index (Phi) is 7.33. The van der Waals surface area contributed by atoms with Crippen molar-refractivity contribution in [1.82, 2.24) is 5.32 Å². The van der Waals surface area contributed by atoms with E-state index in [1.165, 1.54) is 10.5 Å². The number of thioether (sulfide) groups is 1. The molecule has 1 aromatic carbocycles. The molecule has 1 unspecified atom stereocenters. The maximum absolute atomic E-state index is 5.07. The quantitative estimate of drug-likeness (QED) is 0.566. The van der Waals surface area contributed by atoms with Gasteiger partial charge in [0, 0.05) is 30.4 Å². The predicted octanol–water partition coefficient (Wildman–Crippen LogP) is 3.49. The van der Waals surface area contributed by atoms with Crippen LogP contribution >= 0.6 is 11.8 Å². The molecule has 0 radical (unpaired) electrons. The minimum absolute atomic E-state index is 0.422. The fraction of sp³-hybridized carbons (Fsp3) is 0.571. The van der Waals surface area contributed by atoms with Crippen molar-refractivity contribution >= 4 is 11.8 Å². The third-order valence-electron chi connectivity index (χ3n) is 2.65. The lowest BCUT2D eigenvalue weighted by atomic mass is 10.1. The molecule has 0 heterocycles. The molecular weight excluding hydrogens is 230 g/mol. The van der Waals surface area contributed by atoms with Crippen molar-refractivity contribution in [2.24, 2.45) is 0 Å². The minimum Gasteiger partial charge on any atom is -0.385 e. The lowest BCUT2D eigenvalue weighted by molar-refractivity contribution is 0.200. The molecule has 0 aliphatic heterocycles. The van der Waals surface area contributed by atoms with E-state index in [9.17, 15) is 0 Å². The van der Waals surface area contributed by atoms with Crippen molar-refractivity contribution in [3.05, 3.63) is 29.8 Å². The van der Waals surface area contributed by atoms with Crippen LogP contribution in [-0.4, -0.2) is 26.0 Å². The van der Waals surface area contributed by atoms with E-state index in [4.69, 9.17) is 4.74 Å². The van der Waals surface area contributed by atoms with Crippen LogP contribution in [0.3, 0.4) is 0 Å². The number of nitrogens with one attached hydrogen (secondary N) is 1. The molecule has 1 N–H and O–H groups in total. The Morgan fingerprint density at radius 1 is 1.35 bits per heavy atom. The van der Waals surface area contributed by atoms with Crippen LogP contribution < -0.4 is 5.32 Å². The molecule has 1 aromatic rings. The second-order valence-corrected chi connectivity index (χ2v) is 5.15. The summed E-state index contributed by atoms with van der Waals surface area (Å²) >= 11 is 1.92. The average molecular weight is 253 g/mol. The van der Waals surface area contributed by atoms with Gasteiger partial charge in [0.15, 0.2) is 0 Å². The van der Waals surface area contributed by atoms with E-state index in [1.807, 2.05) is 11.8 Å². The smallest absolute Gasteiger partial charge is 0.0470 e. The summed E-state index contributed by atoms with van der Waals surface area (Å²) in [7, 11) is 1.76. The zero-order valence-electron chi connectivity index (χ0n) is 11.0. The summed E-state index contributed by atoms with van der Waals surface area (Å²) in [6.07, 6.45) is 1.10. The summed E-state index contributed by atoms with van der Waals surface area (Å²) in [5.41, 5.74) is 1.40. The van der Waals surface area contributed by atoms with Crippen LogP contribution in [0.25, 0.3) is 0 Å². The van der Waals surface area contributed by atoms with E-state index >= 15 is 0 Å². The third kappa shape index (κ3) is 5.11. The first-order valence-corrected chi connectivity index (χ1v) is 7.22. The van der Waals surface area contributed by atoms with Gasteiger partial charge in [0.2, 0.25) is 0 Å². The molecule has 0 fully saturated rings. The van der Waals surface area contributed by atoms with Gasteiger partial charge in [-0.3, -0.25) is 0 Å². The number of rotatable bonds is 8. The van der Waals surface area contributed by atoms with Crippen LogP contribution in [-0.2, 0) is 4.74 Å². The number of ether oxygens (including phenoxy) is 1. The highest BCUT2D eigenvalue weighted by atomic mass is 32.2. The molecule has 3 heteroatoms. The lowest BCUT2D eigenvalue weighted by Gasteiger charge is -2.16. The van der Waals surface area contributed by atoms with E-state index in [0.717, 1.165) is 25.3 Å². The first-order chi connectivity index (χ1) is 8.29. The largest absolute Gasteiger partial charge is 0.385 e. The van der Waals surface area contributed by atoms with Crippen LogP contribution in [0.2, 0.25) is 0 Å². The fourth-order valence-electron chi connectivity index (χ4n) is 1.77. The van der Waals surface area contributed by atoms with Crippen LogP contribution in [0.5, 0.6) is 0 Å². The highest BCUT2D eigenvalue weighted by Gasteiger charge is 2.08. The van der Waals surface area contributed by atoms with Gasteiger partial charge in [-0.25, -0.2) is 0 Å². The Morgan fingerprint density at radius 3 is 2.82 bits per heavy atom. The van der Waals surface area contributed by atoms with Crippen molar-refractivity contribution in [3.63, 3.8) is 0 Å².